The summed E-state index contributed by atoms with van der Waals surface area (Å²) in [5.41, 5.74) is 7.65. The van der Waals surface area contributed by atoms with Crippen LogP contribution in [0.1, 0.15) is 27.8 Å². The molecule has 0 spiro atoms. The Morgan fingerprint density at radius 1 is 0.548 bits per heavy atom. The van der Waals surface area contributed by atoms with Gasteiger partial charge in [0.15, 0.2) is 0 Å². The van der Waals surface area contributed by atoms with E-state index in [4.69, 9.17) is 4.99 Å². The summed E-state index contributed by atoms with van der Waals surface area (Å²) in [6, 6.07) is 32.0. The molecular weight excluding hydrogens is 393 g/mol. The molecule has 0 aromatic heterocycles. The molecule has 0 heterocycles. The smallest absolute Gasteiger partial charge is 0.0629 e. The molecule has 2 heteroatoms. The van der Waals surface area contributed by atoms with Gasteiger partial charge in [-0.15, -0.1) is 0 Å². The van der Waals surface area contributed by atoms with Gasteiger partial charge in [0.1, 0.15) is 0 Å². The zero-order chi connectivity index (χ0) is 21.8. The molecule has 4 rings (SSSR count). The van der Waals surface area contributed by atoms with Crippen molar-refractivity contribution in [3.8, 4) is 0 Å². The van der Waals surface area contributed by atoms with E-state index in [1.165, 1.54) is 43.7 Å². The lowest BCUT2D eigenvalue weighted by molar-refractivity contribution is 1.23. The van der Waals surface area contributed by atoms with Crippen molar-refractivity contribution in [1.29, 1.82) is 0 Å². The monoisotopic (exact) mass is 421 g/mol. The normalized spacial score (nSPS) is 11.4. The van der Waals surface area contributed by atoms with Gasteiger partial charge in [-0.2, -0.15) is 0 Å². The first-order chi connectivity index (χ1) is 15.1. The third-order valence-corrected chi connectivity index (χ3v) is 8.71. The van der Waals surface area contributed by atoms with E-state index in [2.05, 4.69) is 107 Å². The van der Waals surface area contributed by atoms with Crippen molar-refractivity contribution < 1.29 is 0 Å². The molecule has 4 aromatic carbocycles. The first-order valence-corrected chi connectivity index (χ1v) is 12.0. The van der Waals surface area contributed by atoms with Crippen LogP contribution in [0.15, 0.2) is 96.0 Å². The van der Waals surface area contributed by atoms with Gasteiger partial charge in [-0.3, -0.25) is 4.99 Å². The molecule has 0 atom stereocenters. The van der Waals surface area contributed by atoms with Crippen LogP contribution in [0.25, 0.3) is 0 Å². The number of aliphatic imine (C=N–C) groups is 1. The summed E-state index contributed by atoms with van der Waals surface area (Å²) in [6.07, 6.45) is 2.08. The Balaban J connectivity index is 2.00. The maximum absolute atomic E-state index is 4.86. The number of para-hydroxylation sites is 1. The number of hydrogen-bond donors (Lipinski definition) is 0. The Kier molecular flexibility index (Phi) is 6.44. The molecule has 31 heavy (non-hydrogen) atoms. The van der Waals surface area contributed by atoms with Crippen LogP contribution in [-0.2, 0) is 0 Å². The minimum Gasteiger partial charge on any atom is -0.256 e. The Morgan fingerprint density at radius 3 is 1.52 bits per heavy atom. The maximum Gasteiger partial charge on any atom is 0.0629 e. The van der Waals surface area contributed by atoms with Gasteiger partial charge in [0, 0.05) is 11.8 Å². The molecule has 0 saturated heterocycles. The Labute approximate surface area is 187 Å². The zero-order valence-electron chi connectivity index (χ0n) is 18.6. The third kappa shape index (κ3) is 4.38. The highest BCUT2D eigenvalue weighted by molar-refractivity contribution is 7.80. The molecule has 0 aliphatic rings. The van der Waals surface area contributed by atoms with Crippen molar-refractivity contribution in [3.63, 3.8) is 0 Å². The van der Waals surface area contributed by atoms with Crippen molar-refractivity contribution in [3.05, 3.63) is 119 Å². The summed E-state index contributed by atoms with van der Waals surface area (Å²) in [5.74, 6) is 0. The second-order valence-electron chi connectivity index (χ2n) is 7.86. The number of hydrogen-bond acceptors (Lipinski definition) is 1. The third-order valence-electron chi connectivity index (χ3n) is 6.05. The van der Waals surface area contributed by atoms with Crippen LogP contribution >= 0.6 is 7.92 Å². The van der Waals surface area contributed by atoms with Crippen LogP contribution in [0.2, 0.25) is 0 Å². The van der Waals surface area contributed by atoms with E-state index in [9.17, 15) is 0 Å². The van der Waals surface area contributed by atoms with Gasteiger partial charge < -0.3 is 0 Å². The summed E-state index contributed by atoms with van der Waals surface area (Å²) in [6.45, 7) is 9.00. The second kappa shape index (κ2) is 9.41. The van der Waals surface area contributed by atoms with Crippen molar-refractivity contribution in [2.24, 2.45) is 4.99 Å². The Bertz CT molecular complexity index is 1160. The highest BCUT2D eigenvalue weighted by atomic mass is 31.1. The molecule has 0 radical (unpaired) electrons. The van der Waals surface area contributed by atoms with Crippen LogP contribution in [0.5, 0.6) is 0 Å². The van der Waals surface area contributed by atoms with Gasteiger partial charge in [-0.1, -0.05) is 78.9 Å². The van der Waals surface area contributed by atoms with Crippen molar-refractivity contribution in [1.82, 2.24) is 0 Å². The molecule has 1 nitrogen and oxygen atoms in total. The predicted molar refractivity (Wildman–Crippen MR) is 138 cm³/mol. The van der Waals surface area contributed by atoms with E-state index in [-0.39, 0.29) is 0 Å². The largest absolute Gasteiger partial charge is 0.256 e. The Hall–Kier alpha value is -3.02. The molecular formula is C29H28NP. The highest BCUT2D eigenvalue weighted by Crippen LogP contribution is 2.38. The molecule has 0 fully saturated rings. The minimum atomic E-state index is -0.704. The first kappa shape index (κ1) is 21.2. The number of benzene rings is 4. The molecule has 0 aliphatic carbocycles. The summed E-state index contributed by atoms with van der Waals surface area (Å²) < 4.78 is 0. The fraction of sp³-hybridized carbons (Fsp3) is 0.138. The van der Waals surface area contributed by atoms with Gasteiger partial charge in [0.2, 0.25) is 0 Å². The fourth-order valence-corrected chi connectivity index (χ4v) is 6.71. The summed E-state index contributed by atoms with van der Waals surface area (Å²) in [7, 11) is -0.704. The van der Waals surface area contributed by atoms with Crippen molar-refractivity contribution >= 4 is 35.7 Å². The predicted octanol–water partition coefficient (Wildman–Crippen LogP) is 6.43. The summed E-state index contributed by atoms with van der Waals surface area (Å²) >= 11 is 0. The van der Waals surface area contributed by atoms with Crippen molar-refractivity contribution in [2.75, 3.05) is 0 Å². The second-order valence-corrected chi connectivity index (χ2v) is 10.0. The van der Waals surface area contributed by atoms with Crippen LogP contribution < -0.4 is 15.9 Å². The zero-order valence-corrected chi connectivity index (χ0v) is 19.5. The molecule has 0 aliphatic heterocycles. The Morgan fingerprint density at radius 2 is 1.00 bits per heavy atom. The topological polar surface area (TPSA) is 12.4 Å². The average molecular weight is 422 g/mol. The summed E-state index contributed by atoms with van der Waals surface area (Å²) in [5, 5.41) is 4.14. The lowest BCUT2D eigenvalue weighted by atomic mass is 9.95. The summed E-state index contributed by atoms with van der Waals surface area (Å²) in [4.78, 5) is 4.86. The minimum absolute atomic E-state index is 0.704. The van der Waals surface area contributed by atoms with E-state index in [1.54, 1.807) is 0 Å². The standard InChI is InChI=1S/C29H28NP/c1-21-22(2)24(4)29(28(23(21)3)20-30-25-14-8-5-9-15-25)31(26-16-10-6-11-17-26)27-18-12-7-13-19-27/h5-20H,1-4H3. The van der Waals surface area contributed by atoms with E-state index < -0.39 is 7.92 Å². The van der Waals surface area contributed by atoms with E-state index in [0.29, 0.717) is 0 Å². The first-order valence-electron chi connectivity index (χ1n) is 10.7. The van der Waals surface area contributed by atoms with E-state index in [0.717, 1.165) is 5.69 Å². The van der Waals surface area contributed by atoms with Gasteiger partial charge in [0.25, 0.3) is 0 Å². The van der Waals surface area contributed by atoms with Gasteiger partial charge in [-0.05, 0) is 85.9 Å². The molecule has 0 unspecified atom stereocenters. The van der Waals surface area contributed by atoms with E-state index >= 15 is 0 Å². The van der Waals surface area contributed by atoms with E-state index in [1.807, 2.05) is 18.2 Å². The fourth-order valence-electron chi connectivity index (χ4n) is 3.98. The van der Waals surface area contributed by atoms with Crippen molar-refractivity contribution in [2.45, 2.75) is 27.7 Å². The van der Waals surface area contributed by atoms with Gasteiger partial charge in [0.05, 0.1) is 5.69 Å². The molecule has 0 N–H and O–H groups in total. The quantitative estimate of drug-likeness (QED) is 0.260. The highest BCUT2D eigenvalue weighted by Gasteiger charge is 2.24. The van der Waals surface area contributed by atoms with Crippen LogP contribution in [-0.4, -0.2) is 6.21 Å². The lowest BCUT2D eigenvalue weighted by Gasteiger charge is -2.27. The number of nitrogens with zero attached hydrogens (tertiary/aromatic N) is 1. The number of rotatable bonds is 5. The lowest BCUT2D eigenvalue weighted by Crippen LogP contribution is -2.27. The molecule has 4 aromatic rings. The molecule has 154 valence electrons. The van der Waals surface area contributed by atoms with Crippen LogP contribution in [0.3, 0.4) is 0 Å². The maximum atomic E-state index is 4.86. The van der Waals surface area contributed by atoms with Crippen LogP contribution in [0.4, 0.5) is 5.69 Å². The average Bonchev–Trinajstić information content (AvgIpc) is 2.83. The SMILES string of the molecule is Cc1c(C)c(C)c(P(c2ccccc2)c2ccccc2)c(C=Nc2ccccc2)c1C. The molecule has 0 amide bonds. The van der Waals surface area contributed by atoms with Crippen LogP contribution in [0, 0.1) is 27.7 Å². The van der Waals surface area contributed by atoms with Gasteiger partial charge in [-0.25, -0.2) is 0 Å². The van der Waals surface area contributed by atoms with Gasteiger partial charge >= 0.3 is 0 Å². The molecule has 0 saturated carbocycles. The molecule has 0 bridgehead atoms.